The minimum Gasteiger partial charge on any atom is -0.478 e. The number of amides is 1. The molecule has 1 atom stereocenters. The summed E-state index contributed by atoms with van der Waals surface area (Å²) >= 11 is 1.16. The van der Waals surface area contributed by atoms with Crippen molar-refractivity contribution < 1.29 is 23.8 Å². The van der Waals surface area contributed by atoms with Gasteiger partial charge in [-0.05, 0) is 32.0 Å². The third kappa shape index (κ3) is 4.11. The van der Waals surface area contributed by atoms with Crippen molar-refractivity contribution in [1.82, 2.24) is 4.98 Å². The third-order valence-corrected chi connectivity index (χ3v) is 4.13. The first-order chi connectivity index (χ1) is 10.9. The summed E-state index contributed by atoms with van der Waals surface area (Å²) in [5, 5.41) is 11.8. The third-order valence-electron chi connectivity index (χ3n) is 2.98. The molecular formula is C15H15FN2O4S. The lowest BCUT2D eigenvalue weighted by Crippen LogP contribution is -2.12. The Bertz CT molecular complexity index is 732. The van der Waals surface area contributed by atoms with Gasteiger partial charge in [-0.1, -0.05) is 0 Å². The molecule has 0 fully saturated rings. The number of halogens is 1. The molecule has 23 heavy (non-hydrogen) atoms. The standard InChI is InChI=1S/C15H15FN2O4S/c1-3-22-8(2)14-17-7-12(23-14)13(19)18-11-5-4-9(15(20)21)6-10(11)16/h4-8H,3H2,1-2H3,(H,18,19)(H,20,21). The average Bonchev–Trinajstić information content (AvgIpc) is 2.99. The van der Waals surface area contributed by atoms with E-state index in [-0.39, 0.29) is 17.4 Å². The summed E-state index contributed by atoms with van der Waals surface area (Å²) in [6.07, 6.45) is 1.17. The van der Waals surface area contributed by atoms with Gasteiger partial charge in [-0.2, -0.15) is 0 Å². The Morgan fingerprint density at radius 2 is 2.22 bits per heavy atom. The number of aromatic carboxylic acids is 1. The van der Waals surface area contributed by atoms with E-state index in [0.29, 0.717) is 16.5 Å². The van der Waals surface area contributed by atoms with E-state index in [9.17, 15) is 14.0 Å². The van der Waals surface area contributed by atoms with Crippen LogP contribution in [-0.4, -0.2) is 28.6 Å². The molecule has 0 aliphatic rings. The van der Waals surface area contributed by atoms with Crippen molar-refractivity contribution in [3.8, 4) is 0 Å². The van der Waals surface area contributed by atoms with E-state index in [1.54, 1.807) is 0 Å². The van der Waals surface area contributed by atoms with Gasteiger partial charge in [0.2, 0.25) is 0 Å². The molecule has 2 aromatic rings. The van der Waals surface area contributed by atoms with Crippen molar-refractivity contribution >= 4 is 28.9 Å². The number of carbonyl (C=O) groups excluding carboxylic acids is 1. The smallest absolute Gasteiger partial charge is 0.335 e. The molecule has 0 spiro atoms. The fourth-order valence-electron chi connectivity index (χ4n) is 1.84. The minimum absolute atomic E-state index is 0.0900. The highest BCUT2D eigenvalue weighted by Gasteiger charge is 2.17. The molecule has 0 saturated carbocycles. The zero-order valence-corrected chi connectivity index (χ0v) is 13.3. The molecule has 1 amide bonds. The number of carboxylic acids is 1. The van der Waals surface area contributed by atoms with Crippen LogP contribution in [0.4, 0.5) is 10.1 Å². The quantitative estimate of drug-likeness (QED) is 0.843. The molecular weight excluding hydrogens is 323 g/mol. The van der Waals surface area contributed by atoms with Crippen LogP contribution in [0, 0.1) is 5.82 Å². The highest BCUT2D eigenvalue weighted by atomic mass is 32.1. The van der Waals surface area contributed by atoms with Gasteiger partial charge < -0.3 is 15.2 Å². The number of carboxylic acid groups (broad SMARTS) is 1. The molecule has 2 N–H and O–H groups in total. The maximum atomic E-state index is 13.8. The molecule has 122 valence electrons. The van der Waals surface area contributed by atoms with Crippen LogP contribution in [-0.2, 0) is 4.74 Å². The van der Waals surface area contributed by atoms with Crippen LogP contribution in [0.3, 0.4) is 0 Å². The summed E-state index contributed by atoms with van der Waals surface area (Å²) < 4.78 is 19.2. The summed E-state index contributed by atoms with van der Waals surface area (Å²) in [5.74, 6) is -2.57. The lowest BCUT2D eigenvalue weighted by Gasteiger charge is -2.07. The Morgan fingerprint density at radius 3 is 2.83 bits per heavy atom. The Balaban J connectivity index is 2.12. The van der Waals surface area contributed by atoms with Crippen molar-refractivity contribution in [2.45, 2.75) is 20.0 Å². The van der Waals surface area contributed by atoms with Crippen LogP contribution in [0.25, 0.3) is 0 Å². The van der Waals surface area contributed by atoms with E-state index in [2.05, 4.69) is 10.3 Å². The number of nitrogens with zero attached hydrogens (tertiary/aromatic N) is 1. The fourth-order valence-corrected chi connectivity index (χ4v) is 2.65. The summed E-state index contributed by atoms with van der Waals surface area (Å²) in [6, 6.07) is 3.28. The number of nitrogens with one attached hydrogen (secondary N) is 1. The van der Waals surface area contributed by atoms with Crippen LogP contribution in [0.2, 0.25) is 0 Å². The van der Waals surface area contributed by atoms with E-state index < -0.39 is 17.7 Å². The Labute approximate surface area is 135 Å². The molecule has 0 bridgehead atoms. The first kappa shape index (κ1) is 17.0. The van der Waals surface area contributed by atoms with Gasteiger partial charge in [0.1, 0.15) is 21.8 Å². The second kappa shape index (κ2) is 7.30. The highest BCUT2D eigenvalue weighted by Crippen LogP contribution is 2.24. The summed E-state index contributed by atoms with van der Waals surface area (Å²) in [6.45, 7) is 4.22. The average molecular weight is 338 g/mol. The molecule has 1 aromatic heterocycles. The van der Waals surface area contributed by atoms with Crippen molar-refractivity contribution in [3.63, 3.8) is 0 Å². The second-order valence-electron chi connectivity index (χ2n) is 4.61. The number of anilines is 1. The highest BCUT2D eigenvalue weighted by molar-refractivity contribution is 7.13. The molecule has 2 rings (SSSR count). The maximum absolute atomic E-state index is 13.8. The number of aromatic nitrogens is 1. The normalized spacial score (nSPS) is 12.0. The van der Waals surface area contributed by atoms with E-state index in [0.717, 1.165) is 17.4 Å². The largest absolute Gasteiger partial charge is 0.478 e. The molecule has 0 saturated heterocycles. The molecule has 8 heteroatoms. The second-order valence-corrected chi connectivity index (χ2v) is 5.68. The molecule has 1 unspecified atom stereocenters. The van der Waals surface area contributed by atoms with Gasteiger partial charge in [0.15, 0.2) is 0 Å². The summed E-state index contributed by atoms with van der Waals surface area (Å²) in [4.78, 5) is 27.3. The lowest BCUT2D eigenvalue weighted by molar-refractivity contribution is 0.0696. The van der Waals surface area contributed by atoms with Crippen molar-refractivity contribution in [3.05, 3.63) is 45.7 Å². The molecule has 0 aliphatic heterocycles. The number of carbonyl (C=O) groups is 2. The monoisotopic (exact) mass is 338 g/mol. The number of thiazole rings is 1. The first-order valence-corrected chi connectivity index (χ1v) is 7.65. The predicted molar refractivity (Wildman–Crippen MR) is 83.5 cm³/mol. The van der Waals surface area contributed by atoms with Gasteiger partial charge in [-0.15, -0.1) is 11.3 Å². The first-order valence-electron chi connectivity index (χ1n) is 6.84. The van der Waals surface area contributed by atoms with Crippen LogP contribution in [0.5, 0.6) is 0 Å². The number of hydrogen-bond acceptors (Lipinski definition) is 5. The van der Waals surface area contributed by atoms with Gasteiger partial charge in [0, 0.05) is 6.61 Å². The Kier molecular flexibility index (Phi) is 5.41. The summed E-state index contributed by atoms with van der Waals surface area (Å²) in [5.41, 5.74) is -0.279. The van der Waals surface area contributed by atoms with Gasteiger partial charge >= 0.3 is 5.97 Å². The van der Waals surface area contributed by atoms with Gasteiger partial charge in [0.05, 0.1) is 17.4 Å². The SMILES string of the molecule is CCOC(C)c1ncc(C(=O)Nc2ccc(C(=O)O)cc2F)s1. The van der Waals surface area contributed by atoms with Crippen LogP contribution >= 0.6 is 11.3 Å². The molecule has 1 aromatic carbocycles. The maximum Gasteiger partial charge on any atom is 0.335 e. The summed E-state index contributed by atoms with van der Waals surface area (Å²) in [7, 11) is 0. The van der Waals surface area contributed by atoms with Crippen molar-refractivity contribution in [2.75, 3.05) is 11.9 Å². The fraction of sp³-hybridized carbons (Fsp3) is 0.267. The topological polar surface area (TPSA) is 88.5 Å². The van der Waals surface area contributed by atoms with Gasteiger partial charge in [-0.25, -0.2) is 14.2 Å². The van der Waals surface area contributed by atoms with Crippen LogP contribution in [0.15, 0.2) is 24.4 Å². The molecule has 1 heterocycles. The number of rotatable bonds is 6. The number of benzene rings is 1. The number of ether oxygens (including phenoxy) is 1. The van der Waals surface area contributed by atoms with Crippen molar-refractivity contribution in [2.24, 2.45) is 0 Å². The van der Waals surface area contributed by atoms with E-state index in [4.69, 9.17) is 9.84 Å². The Morgan fingerprint density at radius 1 is 1.48 bits per heavy atom. The van der Waals surface area contributed by atoms with E-state index >= 15 is 0 Å². The molecule has 6 nitrogen and oxygen atoms in total. The van der Waals surface area contributed by atoms with Crippen LogP contribution < -0.4 is 5.32 Å². The van der Waals surface area contributed by atoms with E-state index in [1.165, 1.54) is 18.3 Å². The lowest BCUT2D eigenvalue weighted by atomic mass is 10.2. The number of hydrogen-bond donors (Lipinski definition) is 2. The van der Waals surface area contributed by atoms with E-state index in [1.807, 2.05) is 13.8 Å². The zero-order chi connectivity index (χ0) is 17.0. The minimum atomic E-state index is -1.24. The predicted octanol–water partition coefficient (Wildman–Crippen LogP) is 3.33. The van der Waals surface area contributed by atoms with Crippen LogP contribution in [0.1, 0.15) is 45.0 Å². The van der Waals surface area contributed by atoms with Gasteiger partial charge in [0.25, 0.3) is 5.91 Å². The Hall–Kier alpha value is -2.32. The molecule has 0 aliphatic carbocycles. The zero-order valence-electron chi connectivity index (χ0n) is 12.5. The molecule has 0 radical (unpaired) electrons. The van der Waals surface area contributed by atoms with Gasteiger partial charge in [-0.3, -0.25) is 4.79 Å². The van der Waals surface area contributed by atoms with Crippen molar-refractivity contribution in [1.29, 1.82) is 0 Å².